The van der Waals surface area contributed by atoms with Crippen molar-refractivity contribution in [3.8, 4) is 5.88 Å². The van der Waals surface area contributed by atoms with E-state index in [4.69, 9.17) is 9.94 Å². The van der Waals surface area contributed by atoms with E-state index in [9.17, 15) is 0 Å². The van der Waals surface area contributed by atoms with Crippen LogP contribution < -0.4 is 4.74 Å². The van der Waals surface area contributed by atoms with Crippen molar-refractivity contribution in [2.75, 3.05) is 7.11 Å². The molecule has 14 heavy (non-hydrogen) atoms. The van der Waals surface area contributed by atoms with Crippen LogP contribution in [0.3, 0.4) is 0 Å². The molecule has 0 saturated heterocycles. The van der Waals surface area contributed by atoms with Gasteiger partial charge in [-0.05, 0) is 6.07 Å². The SMILES string of the molecule is COc1[nH]c2ccccc2c1/C=N/O. The number of aromatic nitrogens is 1. The van der Waals surface area contributed by atoms with Crippen LogP contribution in [0.2, 0.25) is 0 Å². The van der Waals surface area contributed by atoms with Gasteiger partial charge in [-0.15, -0.1) is 0 Å². The molecule has 0 amide bonds. The first-order valence-electron chi connectivity index (χ1n) is 4.19. The minimum Gasteiger partial charge on any atom is -0.482 e. The first-order valence-corrected chi connectivity index (χ1v) is 4.19. The van der Waals surface area contributed by atoms with Gasteiger partial charge in [-0.1, -0.05) is 23.4 Å². The molecule has 0 fully saturated rings. The molecule has 1 aromatic heterocycles. The highest BCUT2D eigenvalue weighted by molar-refractivity contribution is 6.01. The second-order valence-electron chi connectivity index (χ2n) is 2.86. The molecular weight excluding hydrogens is 180 g/mol. The van der Waals surface area contributed by atoms with Gasteiger partial charge in [0.15, 0.2) is 0 Å². The molecule has 2 N–H and O–H groups in total. The van der Waals surface area contributed by atoms with Gasteiger partial charge in [0, 0.05) is 10.9 Å². The van der Waals surface area contributed by atoms with Gasteiger partial charge in [0.05, 0.1) is 18.9 Å². The zero-order chi connectivity index (χ0) is 9.97. The van der Waals surface area contributed by atoms with Crippen molar-refractivity contribution in [3.05, 3.63) is 29.8 Å². The van der Waals surface area contributed by atoms with E-state index in [1.54, 1.807) is 7.11 Å². The lowest BCUT2D eigenvalue weighted by Gasteiger charge is -1.95. The van der Waals surface area contributed by atoms with Crippen molar-refractivity contribution in [3.63, 3.8) is 0 Å². The summed E-state index contributed by atoms with van der Waals surface area (Å²) in [7, 11) is 1.57. The smallest absolute Gasteiger partial charge is 0.200 e. The summed E-state index contributed by atoms with van der Waals surface area (Å²) in [6.45, 7) is 0. The van der Waals surface area contributed by atoms with E-state index in [-0.39, 0.29) is 0 Å². The number of aromatic amines is 1. The van der Waals surface area contributed by atoms with Crippen LogP contribution in [-0.4, -0.2) is 23.5 Å². The number of hydrogen-bond acceptors (Lipinski definition) is 3. The molecule has 0 atom stereocenters. The molecule has 2 rings (SSSR count). The molecule has 0 unspecified atom stereocenters. The standard InChI is InChI=1S/C10H10N2O2/c1-14-10-8(6-11-13)7-4-2-3-5-9(7)12-10/h2-6,12-13H,1H3/b11-6+. The van der Waals surface area contributed by atoms with Crippen molar-refractivity contribution in [1.82, 2.24) is 4.98 Å². The molecule has 0 aliphatic heterocycles. The first-order chi connectivity index (χ1) is 6.86. The number of benzene rings is 1. The zero-order valence-electron chi connectivity index (χ0n) is 7.69. The highest BCUT2D eigenvalue weighted by Crippen LogP contribution is 2.25. The number of nitrogens with zero attached hydrogens (tertiary/aromatic N) is 1. The molecule has 4 nitrogen and oxygen atoms in total. The number of ether oxygens (including phenoxy) is 1. The first kappa shape index (κ1) is 8.62. The van der Waals surface area contributed by atoms with Crippen molar-refractivity contribution in [2.24, 2.45) is 5.16 Å². The Morgan fingerprint density at radius 3 is 2.93 bits per heavy atom. The number of rotatable bonds is 2. The lowest BCUT2D eigenvalue weighted by molar-refractivity contribution is 0.321. The molecule has 0 radical (unpaired) electrons. The van der Waals surface area contributed by atoms with Crippen LogP contribution in [0, 0.1) is 0 Å². The molecule has 1 aromatic carbocycles. The van der Waals surface area contributed by atoms with E-state index in [0.717, 1.165) is 16.5 Å². The fraction of sp³-hybridized carbons (Fsp3) is 0.100. The molecular formula is C10H10N2O2. The number of hydrogen-bond donors (Lipinski definition) is 2. The lowest BCUT2D eigenvalue weighted by atomic mass is 10.2. The second-order valence-corrected chi connectivity index (χ2v) is 2.86. The third-order valence-electron chi connectivity index (χ3n) is 2.10. The largest absolute Gasteiger partial charge is 0.482 e. The summed E-state index contributed by atoms with van der Waals surface area (Å²) in [5, 5.41) is 12.5. The van der Waals surface area contributed by atoms with E-state index in [0.29, 0.717) is 5.88 Å². The maximum absolute atomic E-state index is 8.52. The predicted molar refractivity (Wildman–Crippen MR) is 54.2 cm³/mol. The fourth-order valence-electron chi connectivity index (χ4n) is 1.49. The Morgan fingerprint density at radius 1 is 1.43 bits per heavy atom. The maximum atomic E-state index is 8.52. The Morgan fingerprint density at radius 2 is 2.21 bits per heavy atom. The maximum Gasteiger partial charge on any atom is 0.200 e. The van der Waals surface area contributed by atoms with Gasteiger partial charge in [0.1, 0.15) is 0 Å². The van der Waals surface area contributed by atoms with Crippen LogP contribution in [-0.2, 0) is 0 Å². The van der Waals surface area contributed by atoms with Crippen molar-refractivity contribution in [1.29, 1.82) is 0 Å². The normalized spacial score (nSPS) is 11.2. The average Bonchev–Trinajstić information content (AvgIpc) is 2.58. The third-order valence-corrected chi connectivity index (χ3v) is 2.10. The number of oxime groups is 1. The Hall–Kier alpha value is -1.97. The van der Waals surface area contributed by atoms with Crippen LogP contribution in [0.25, 0.3) is 10.9 Å². The molecule has 0 spiro atoms. The van der Waals surface area contributed by atoms with Gasteiger partial charge >= 0.3 is 0 Å². The predicted octanol–water partition coefficient (Wildman–Crippen LogP) is 1.98. The number of nitrogens with one attached hydrogen (secondary N) is 1. The van der Waals surface area contributed by atoms with Gasteiger partial charge in [-0.25, -0.2) is 0 Å². The van der Waals surface area contributed by atoms with Crippen LogP contribution >= 0.6 is 0 Å². The van der Waals surface area contributed by atoms with Gasteiger partial charge in [-0.2, -0.15) is 0 Å². The molecule has 0 aliphatic rings. The summed E-state index contributed by atoms with van der Waals surface area (Å²) in [5.41, 5.74) is 1.71. The summed E-state index contributed by atoms with van der Waals surface area (Å²) in [5.74, 6) is 0.601. The van der Waals surface area contributed by atoms with Crippen LogP contribution in [0.1, 0.15) is 5.56 Å². The van der Waals surface area contributed by atoms with Gasteiger partial charge in [0.25, 0.3) is 0 Å². The van der Waals surface area contributed by atoms with Crippen LogP contribution in [0.5, 0.6) is 5.88 Å². The van der Waals surface area contributed by atoms with E-state index in [1.807, 2.05) is 24.3 Å². The van der Waals surface area contributed by atoms with Gasteiger partial charge in [-0.3, -0.25) is 0 Å². The lowest BCUT2D eigenvalue weighted by Crippen LogP contribution is -1.87. The molecule has 0 aliphatic carbocycles. The van der Waals surface area contributed by atoms with E-state index >= 15 is 0 Å². The summed E-state index contributed by atoms with van der Waals surface area (Å²) in [6.07, 6.45) is 1.36. The molecule has 0 saturated carbocycles. The van der Waals surface area contributed by atoms with Gasteiger partial charge in [0.2, 0.25) is 5.88 Å². The number of H-pyrrole nitrogens is 1. The monoisotopic (exact) mass is 190 g/mol. The van der Waals surface area contributed by atoms with Crippen molar-refractivity contribution >= 4 is 17.1 Å². The average molecular weight is 190 g/mol. The Bertz CT molecular complexity index is 474. The van der Waals surface area contributed by atoms with Crippen LogP contribution in [0.4, 0.5) is 0 Å². The summed E-state index contributed by atoms with van der Waals surface area (Å²) in [4.78, 5) is 3.07. The Balaban J connectivity index is 2.74. The summed E-state index contributed by atoms with van der Waals surface area (Å²) >= 11 is 0. The Labute approximate surface area is 80.8 Å². The molecule has 0 bridgehead atoms. The fourth-order valence-corrected chi connectivity index (χ4v) is 1.49. The molecule has 4 heteroatoms. The minimum absolute atomic E-state index is 0.601. The van der Waals surface area contributed by atoms with Crippen molar-refractivity contribution < 1.29 is 9.94 Å². The Kier molecular flexibility index (Phi) is 2.10. The van der Waals surface area contributed by atoms with E-state index in [2.05, 4.69) is 10.1 Å². The molecule has 1 heterocycles. The minimum atomic E-state index is 0.601. The molecule has 2 aromatic rings. The highest BCUT2D eigenvalue weighted by Gasteiger charge is 2.08. The second kappa shape index (κ2) is 3.41. The topological polar surface area (TPSA) is 57.6 Å². The van der Waals surface area contributed by atoms with Gasteiger partial charge < -0.3 is 14.9 Å². The highest BCUT2D eigenvalue weighted by atomic mass is 16.5. The summed E-state index contributed by atoms with van der Waals surface area (Å²) in [6, 6.07) is 7.72. The number of fused-ring (bicyclic) bond motifs is 1. The van der Waals surface area contributed by atoms with Crippen LogP contribution in [0.15, 0.2) is 29.4 Å². The van der Waals surface area contributed by atoms with E-state index in [1.165, 1.54) is 6.21 Å². The van der Waals surface area contributed by atoms with E-state index < -0.39 is 0 Å². The summed E-state index contributed by atoms with van der Waals surface area (Å²) < 4.78 is 5.12. The zero-order valence-corrected chi connectivity index (χ0v) is 7.69. The van der Waals surface area contributed by atoms with Crippen molar-refractivity contribution in [2.45, 2.75) is 0 Å². The number of para-hydroxylation sites is 1. The number of methoxy groups -OCH3 is 1. The third kappa shape index (κ3) is 1.21. The quantitative estimate of drug-likeness (QED) is 0.432. The molecule has 72 valence electrons.